The molecule has 0 amide bonds. The van der Waals surface area contributed by atoms with Gasteiger partial charge in [-0.15, -0.1) is 0 Å². The molecule has 0 N–H and O–H groups in total. The summed E-state index contributed by atoms with van der Waals surface area (Å²) >= 11 is 0. The van der Waals surface area contributed by atoms with Gasteiger partial charge in [-0.1, -0.05) is 65.8 Å². The van der Waals surface area contributed by atoms with Crippen molar-refractivity contribution in [1.29, 1.82) is 0 Å². The zero-order valence-corrected chi connectivity index (χ0v) is 20.3. The summed E-state index contributed by atoms with van der Waals surface area (Å²) in [6.07, 6.45) is 8.53. The minimum atomic E-state index is 0.506. The van der Waals surface area contributed by atoms with Crippen LogP contribution in [0.4, 0.5) is 0 Å². The fraction of sp³-hybridized carbons (Fsp3) is 0.407. The number of pyridine rings is 2. The molecule has 164 valence electrons. The molecular weight excluding hydrogens is 380 g/mol. The highest BCUT2D eigenvalue weighted by molar-refractivity contribution is 5.87. The zero-order valence-electron chi connectivity index (χ0n) is 20.3. The molecule has 0 saturated carbocycles. The third kappa shape index (κ3) is 5.63. The van der Waals surface area contributed by atoms with Crippen LogP contribution >= 0.6 is 0 Å². The van der Waals surface area contributed by atoms with Gasteiger partial charge in [-0.05, 0) is 48.6 Å². The minimum Gasteiger partial charge on any atom is -0.261 e. The van der Waals surface area contributed by atoms with Gasteiger partial charge < -0.3 is 0 Å². The predicted molar refractivity (Wildman–Crippen MR) is 133 cm³/mol. The van der Waals surface area contributed by atoms with Crippen LogP contribution in [0, 0.1) is 13.8 Å². The van der Waals surface area contributed by atoms with E-state index in [-0.39, 0.29) is 0 Å². The first-order chi connectivity index (χ1) is 14.9. The molecule has 4 aromatic rings. The number of nitrogens with zero attached hydrogens (tertiary/aromatic N) is 4. The van der Waals surface area contributed by atoms with Gasteiger partial charge in [-0.25, -0.2) is 9.97 Å². The summed E-state index contributed by atoms with van der Waals surface area (Å²) in [5, 5.41) is 3.76. The summed E-state index contributed by atoms with van der Waals surface area (Å²) < 4.78 is 0. The lowest BCUT2D eigenvalue weighted by Gasteiger charge is -2.11. The lowest BCUT2D eigenvalue weighted by Crippen LogP contribution is -1.98. The van der Waals surface area contributed by atoms with Crippen molar-refractivity contribution in [2.45, 2.75) is 73.6 Å². The Labute approximate surface area is 187 Å². The quantitative estimate of drug-likeness (QED) is 0.346. The van der Waals surface area contributed by atoms with E-state index in [1.165, 1.54) is 21.9 Å². The van der Waals surface area contributed by atoms with Crippen LogP contribution in [0.1, 0.15) is 82.3 Å². The van der Waals surface area contributed by atoms with Gasteiger partial charge in [-0.3, -0.25) is 9.97 Å². The van der Waals surface area contributed by atoms with Crippen molar-refractivity contribution in [3.63, 3.8) is 0 Å². The lowest BCUT2D eigenvalue weighted by molar-refractivity contribution is 0.735. The number of rotatable bonds is 3. The SMILES string of the molecule is CC.CCC(C)c1cnc(C)c2ncncc12.Cc1ncc(C(C)C)c2ccccc12. The first-order valence-electron chi connectivity index (χ1n) is 11.3. The lowest BCUT2D eigenvalue weighted by atomic mass is 9.97. The molecule has 1 atom stereocenters. The molecule has 0 radical (unpaired) electrons. The van der Waals surface area contributed by atoms with Crippen LogP contribution in [0.3, 0.4) is 0 Å². The van der Waals surface area contributed by atoms with Gasteiger partial charge in [0.2, 0.25) is 0 Å². The van der Waals surface area contributed by atoms with Crippen LogP contribution in [-0.4, -0.2) is 19.9 Å². The highest BCUT2D eigenvalue weighted by Gasteiger charge is 2.10. The summed E-state index contributed by atoms with van der Waals surface area (Å²) in [6.45, 7) is 16.8. The Morgan fingerprint density at radius 2 is 1.35 bits per heavy atom. The van der Waals surface area contributed by atoms with E-state index in [1.807, 2.05) is 39.4 Å². The van der Waals surface area contributed by atoms with Gasteiger partial charge >= 0.3 is 0 Å². The Kier molecular flexibility index (Phi) is 9.04. The van der Waals surface area contributed by atoms with Crippen LogP contribution in [0.5, 0.6) is 0 Å². The maximum atomic E-state index is 4.43. The average molecular weight is 417 g/mol. The van der Waals surface area contributed by atoms with Crippen molar-refractivity contribution in [2.24, 2.45) is 0 Å². The van der Waals surface area contributed by atoms with E-state index in [2.05, 4.69) is 78.8 Å². The molecule has 4 heteroatoms. The first kappa shape index (κ1) is 24.4. The van der Waals surface area contributed by atoms with E-state index in [1.54, 1.807) is 6.33 Å². The molecule has 0 aliphatic rings. The molecule has 3 aromatic heterocycles. The maximum absolute atomic E-state index is 4.43. The highest BCUT2D eigenvalue weighted by Crippen LogP contribution is 2.27. The molecule has 1 aromatic carbocycles. The standard InChI is InChI=1S/C13H15N.C12H15N3.C2H6/c1-9(2)13-8-14-10(3)11-6-4-5-7-12(11)13;1-4-8(2)10-6-14-9(3)12-11(10)5-13-7-15-12;1-2/h4-9H,1-3H3;5-8H,4H2,1-3H3;1-2H3. The third-order valence-electron chi connectivity index (χ3n) is 5.55. The fourth-order valence-corrected chi connectivity index (χ4v) is 3.55. The third-order valence-corrected chi connectivity index (χ3v) is 5.55. The largest absolute Gasteiger partial charge is 0.261 e. The topological polar surface area (TPSA) is 51.6 Å². The van der Waals surface area contributed by atoms with Crippen LogP contribution < -0.4 is 0 Å². The van der Waals surface area contributed by atoms with Crippen molar-refractivity contribution in [2.75, 3.05) is 0 Å². The normalized spacial score (nSPS) is 11.5. The molecule has 31 heavy (non-hydrogen) atoms. The van der Waals surface area contributed by atoms with Crippen LogP contribution in [-0.2, 0) is 0 Å². The van der Waals surface area contributed by atoms with Gasteiger partial charge in [0.05, 0.1) is 11.2 Å². The maximum Gasteiger partial charge on any atom is 0.116 e. The monoisotopic (exact) mass is 416 g/mol. The smallest absolute Gasteiger partial charge is 0.116 e. The van der Waals surface area contributed by atoms with E-state index >= 15 is 0 Å². The Bertz CT molecular complexity index is 1120. The van der Waals surface area contributed by atoms with E-state index < -0.39 is 0 Å². The molecule has 0 saturated heterocycles. The first-order valence-corrected chi connectivity index (χ1v) is 11.3. The van der Waals surface area contributed by atoms with Crippen molar-refractivity contribution in [1.82, 2.24) is 19.9 Å². The number of fused-ring (bicyclic) bond motifs is 2. The van der Waals surface area contributed by atoms with Crippen LogP contribution in [0.15, 0.2) is 49.2 Å². The van der Waals surface area contributed by atoms with Gasteiger partial charge in [0.1, 0.15) is 6.33 Å². The van der Waals surface area contributed by atoms with Crippen molar-refractivity contribution in [3.8, 4) is 0 Å². The predicted octanol–water partition coefficient (Wildman–Crippen LogP) is 7.54. The second kappa shape index (κ2) is 11.5. The number of hydrogen-bond acceptors (Lipinski definition) is 4. The Morgan fingerprint density at radius 3 is 2.00 bits per heavy atom. The van der Waals surface area contributed by atoms with E-state index in [0.29, 0.717) is 11.8 Å². The average Bonchev–Trinajstić information content (AvgIpc) is 2.81. The number of aromatic nitrogens is 4. The number of aryl methyl sites for hydroxylation is 2. The molecule has 0 aliphatic carbocycles. The van der Waals surface area contributed by atoms with Gasteiger partial charge in [-0.2, -0.15) is 0 Å². The summed E-state index contributed by atoms with van der Waals surface area (Å²) in [5.41, 5.74) is 5.65. The van der Waals surface area contributed by atoms with Crippen LogP contribution in [0.2, 0.25) is 0 Å². The van der Waals surface area contributed by atoms with Gasteiger partial charge in [0, 0.05) is 35.1 Å². The molecule has 0 bridgehead atoms. The molecule has 3 heterocycles. The Morgan fingerprint density at radius 1 is 0.742 bits per heavy atom. The minimum absolute atomic E-state index is 0.506. The second-order valence-corrected chi connectivity index (χ2v) is 7.89. The number of hydrogen-bond donors (Lipinski definition) is 0. The molecule has 1 unspecified atom stereocenters. The summed E-state index contributed by atoms with van der Waals surface area (Å²) in [5.74, 6) is 1.04. The Balaban J connectivity index is 0.000000204. The van der Waals surface area contributed by atoms with E-state index in [4.69, 9.17) is 0 Å². The van der Waals surface area contributed by atoms with Crippen molar-refractivity contribution < 1.29 is 0 Å². The Hall–Kier alpha value is -2.88. The molecule has 4 nitrogen and oxygen atoms in total. The fourth-order valence-electron chi connectivity index (χ4n) is 3.55. The van der Waals surface area contributed by atoms with Crippen LogP contribution in [0.25, 0.3) is 21.7 Å². The second-order valence-electron chi connectivity index (χ2n) is 7.89. The number of benzene rings is 1. The van der Waals surface area contributed by atoms with Gasteiger partial charge in [0.25, 0.3) is 0 Å². The highest BCUT2D eigenvalue weighted by atomic mass is 14.8. The van der Waals surface area contributed by atoms with Crippen molar-refractivity contribution >= 4 is 21.7 Å². The molecule has 0 spiro atoms. The summed E-state index contributed by atoms with van der Waals surface area (Å²) in [7, 11) is 0. The molecular formula is C27H36N4. The summed E-state index contributed by atoms with van der Waals surface area (Å²) in [4.78, 5) is 17.2. The molecule has 4 rings (SSSR count). The van der Waals surface area contributed by atoms with E-state index in [9.17, 15) is 0 Å². The van der Waals surface area contributed by atoms with E-state index in [0.717, 1.165) is 28.7 Å². The van der Waals surface area contributed by atoms with Crippen molar-refractivity contribution in [3.05, 3.63) is 71.7 Å². The molecule has 0 fully saturated rings. The molecule has 0 aliphatic heterocycles. The van der Waals surface area contributed by atoms with Gasteiger partial charge in [0.15, 0.2) is 0 Å². The zero-order chi connectivity index (χ0) is 23.0. The summed E-state index contributed by atoms with van der Waals surface area (Å²) in [6, 6.07) is 8.48.